The van der Waals surface area contributed by atoms with E-state index < -0.39 is 24.1 Å². The Morgan fingerprint density at radius 3 is 2.83 bits per heavy atom. The number of likely N-dealkylation sites (tertiary alicyclic amines) is 1. The van der Waals surface area contributed by atoms with Gasteiger partial charge in [-0.3, -0.25) is 4.84 Å². The van der Waals surface area contributed by atoms with Crippen LogP contribution in [0.1, 0.15) is 32.6 Å². The molecule has 2 atom stereocenters. The van der Waals surface area contributed by atoms with Gasteiger partial charge in [-0.15, -0.1) is 0 Å². The molecule has 7 nitrogen and oxygen atoms in total. The van der Waals surface area contributed by atoms with Crippen molar-refractivity contribution >= 4 is 12.0 Å². The smallest absolute Gasteiger partial charge is 0.342 e. The van der Waals surface area contributed by atoms with Crippen LogP contribution in [0.4, 0.5) is 4.79 Å². The molecule has 1 rings (SSSR count). The Bertz CT molecular complexity index is 297. The zero-order valence-electron chi connectivity index (χ0n) is 10.5. The highest BCUT2D eigenvalue weighted by Gasteiger charge is 2.35. The minimum Gasteiger partial charge on any atom is -0.480 e. The number of rotatable bonds is 5. The number of amides is 2. The van der Waals surface area contributed by atoms with E-state index in [1.807, 2.05) is 6.92 Å². The lowest BCUT2D eigenvalue weighted by Gasteiger charge is -2.34. The number of nitrogens with zero attached hydrogens (tertiary/aromatic N) is 1. The van der Waals surface area contributed by atoms with E-state index in [2.05, 4.69) is 5.48 Å². The molecule has 104 valence electrons. The number of aliphatic hydroxyl groups excluding tert-OH is 1. The van der Waals surface area contributed by atoms with Gasteiger partial charge >= 0.3 is 12.0 Å². The number of nitrogens with one attached hydrogen (secondary N) is 1. The Morgan fingerprint density at radius 2 is 2.22 bits per heavy atom. The van der Waals surface area contributed by atoms with Crippen molar-refractivity contribution in [2.75, 3.05) is 13.2 Å². The molecule has 0 aliphatic carbocycles. The van der Waals surface area contributed by atoms with Gasteiger partial charge in [-0.25, -0.2) is 15.1 Å². The van der Waals surface area contributed by atoms with Crippen molar-refractivity contribution in [1.82, 2.24) is 10.4 Å². The maximum absolute atomic E-state index is 11.7. The predicted octanol–water partition coefficient (Wildman–Crippen LogP) is 0.338. The van der Waals surface area contributed by atoms with Gasteiger partial charge in [0.15, 0.2) is 0 Å². The van der Waals surface area contributed by atoms with E-state index in [1.165, 1.54) is 4.90 Å². The minimum atomic E-state index is -1.11. The second-order valence-corrected chi connectivity index (χ2v) is 4.33. The fourth-order valence-electron chi connectivity index (χ4n) is 1.81. The molecule has 1 aliphatic heterocycles. The molecule has 7 heteroatoms. The topological polar surface area (TPSA) is 99.1 Å². The standard InChI is InChI=1S/C11H20N2O5/c1-2-3-6-18-12-11(17)13-5-4-8(14)7-9(13)10(15)16/h8-9,14H,2-7H2,1H3,(H,12,17)(H,15,16)/t8-,9-/m1/s1. The molecular weight excluding hydrogens is 240 g/mol. The summed E-state index contributed by atoms with van der Waals surface area (Å²) in [6.45, 7) is 2.61. The first-order valence-electron chi connectivity index (χ1n) is 6.15. The van der Waals surface area contributed by atoms with Gasteiger partial charge < -0.3 is 15.1 Å². The number of urea groups is 1. The zero-order chi connectivity index (χ0) is 13.5. The molecule has 1 heterocycles. The van der Waals surface area contributed by atoms with E-state index in [1.54, 1.807) is 0 Å². The SMILES string of the molecule is CCCCONC(=O)N1CC[C@@H](O)C[C@@H]1C(=O)O. The van der Waals surface area contributed by atoms with Crippen molar-refractivity contribution in [3.8, 4) is 0 Å². The van der Waals surface area contributed by atoms with Crippen LogP contribution in [0, 0.1) is 0 Å². The van der Waals surface area contributed by atoms with Crippen molar-refractivity contribution < 1.29 is 24.6 Å². The third-order valence-electron chi connectivity index (χ3n) is 2.88. The first kappa shape index (κ1) is 14.7. The molecule has 0 bridgehead atoms. The van der Waals surface area contributed by atoms with Crippen molar-refractivity contribution in [2.24, 2.45) is 0 Å². The van der Waals surface area contributed by atoms with Gasteiger partial charge in [0.2, 0.25) is 0 Å². The van der Waals surface area contributed by atoms with E-state index in [9.17, 15) is 14.7 Å². The van der Waals surface area contributed by atoms with Crippen LogP contribution in [-0.2, 0) is 9.63 Å². The predicted molar refractivity (Wildman–Crippen MR) is 62.8 cm³/mol. The second-order valence-electron chi connectivity index (χ2n) is 4.33. The van der Waals surface area contributed by atoms with Gasteiger partial charge in [-0.2, -0.15) is 0 Å². The largest absolute Gasteiger partial charge is 0.480 e. The maximum atomic E-state index is 11.7. The Morgan fingerprint density at radius 1 is 1.50 bits per heavy atom. The molecule has 0 saturated carbocycles. The van der Waals surface area contributed by atoms with Gasteiger partial charge in [-0.1, -0.05) is 13.3 Å². The highest BCUT2D eigenvalue weighted by Crippen LogP contribution is 2.17. The summed E-state index contributed by atoms with van der Waals surface area (Å²) in [5.41, 5.74) is 2.23. The summed E-state index contributed by atoms with van der Waals surface area (Å²) in [5, 5.41) is 18.4. The van der Waals surface area contributed by atoms with Gasteiger partial charge in [0.1, 0.15) is 6.04 Å². The van der Waals surface area contributed by atoms with Crippen LogP contribution in [0.2, 0.25) is 0 Å². The van der Waals surface area contributed by atoms with Gasteiger partial charge in [0.05, 0.1) is 12.7 Å². The molecule has 0 spiro atoms. The van der Waals surface area contributed by atoms with Crippen LogP contribution >= 0.6 is 0 Å². The van der Waals surface area contributed by atoms with E-state index >= 15 is 0 Å². The molecule has 0 aromatic rings. The average molecular weight is 260 g/mol. The fraction of sp³-hybridized carbons (Fsp3) is 0.818. The van der Waals surface area contributed by atoms with Crippen LogP contribution < -0.4 is 5.48 Å². The average Bonchev–Trinajstić information content (AvgIpc) is 2.34. The lowest BCUT2D eigenvalue weighted by Crippen LogP contribution is -2.54. The van der Waals surface area contributed by atoms with Crippen LogP contribution in [0.3, 0.4) is 0 Å². The Kier molecular flexibility index (Phi) is 5.87. The molecule has 1 fully saturated rings. The van der Waals surface area contributed by atoms with Crippen molar-refractivity contribution in [1.29, 1.82) is 0 Å². The molecule has 0 aromatic carbocycles. The number of carboxylic acids is 1. The second kappa shape index (κ2) is 7.17. The third-order valence-corrected chi connectivity index (χ3v) is 2.88. The maximum Gasteiger partial charge on any atom is 0.342 e. The third kappa shape index (κ3) is 4.15. The molecule has 0 unspecified atom stereocenters. The number of hydroxylamine groups is 1. The summed E-state index contributed by atoms with van der Waals surface area (Å²) < 4.78 is 0. The molecule has 0 aromatic heterocycles. The summed E-state index contributed by atoms with van der Waals surface area (Å²) in [6.07, 6.45) is 1.53. The van der Waals surface area contributed by atoms with Crippen molar-refractivity contribution in [2.45, 2.75) is 44.8 Å². The van der Waals surface area contributed by atoms with Gasteiger partial charge in [0.25, 0.3) is 0 Å². The Labute approximate surface area is 106 Å². The first-order chi connectivity index (χ1) is 8.56. The minimum absolute atomic E-state index is 0.0533. The zero-order valence-corrected chi connectivity index (χ0v) is 10.5. The summed E-state index contributed by atoms with van der Waals surface area (Å²) in [6, 6.07) is -1.56. The molecule has 1 saturated heterocycles. The number of aliphatic carboxylic acids is 1. The highest BCUT2D eigenvalue weighted by atomic mass is 16.7. The molecule has 18 heavy (non-hydrogen) atoms. The number of hydrogen-bond donors (Lipinski definition) is 3. The molecule has 0 radical (unpaired) electrons. The number of carboxylic acid groups (broad SMARTS) is 1. The van der Waals surface area contributed by atoms with Gasteiger partial charge in [0, 0.05) is 13.0 Å². The molecule has 3 N–H and O–H groups in total. The van der Waals surface area contributed by atoms with Crippen LogP contribution in [0.15, 0.2) is 0 Å². The number of piperidine rings is 1. The Hall–Kier alpha value is -1.34. The lowest BCUT2D eigenvalue weighted by atomic mass is 10.00. The highest BCUT2D eigenvalue weighted by molar-refractivity contribution is 5.82. The Balaban J connectivity index is 2.46. The lowest BCUT2D eigenvalue weighted by molar-refractivity contribution is -0.145. The molecular formula is C11H20N2O5. The quantitative estimate of drug-likeness (QED) is 0.489. The van der Waals surface area contributed by atoms with Crippen molar-refractivity contribution in [3.05, 3.63) is 0 Å². The summed E-state index contributed by atoms with van der Waals surface area (Å²) >= 11 is 0. The number of carbonyl (C=O) groups excluding carboxylic acids is 1. The number of hydrogen-bond acceptors (Lipinski definition) is 4. The van der Waals surface area contributed by atoms with E-state index in [0.717, 1.165) is 12.8 Å². The van der Waals surface area contributed by atoms with Gasteiger partial charge in [-0.05, 0) is 12.8 Å². The van der Waals surface area contributed by atoms with Crippen LogP contribution in [-0.4, -0.2) is 52.4 Å². The molecule has 1 aliphatic rings. The van der Waals surface area contributed by atoms with E-state index in [4.69, 9.17) is 9.94 Å². The van der Waals surface area contributed by atoms with E-state index in [0.29, 0.717) is 13.0 Å². The first-order valence-corrected chi connectivity index (χ1v) is 6.15. The van der Waals surface area contributed by atoms with Crippen molar-refractivity contribution in [3.63, 3.8) is 0 Å². The fourth-order valence-corrected chi connectivity index (χ4v) is 1.81. The monoisotopic (exact) mass is 260 g/mol. The normalized spacial score (nSPS) is 23.8. The number of unbranched alkanes of at least 4 members (excludes halogenated alkanes) is 1. The summed E-state index contributed by atoms with van der Waals surface area (Å²) in [4.78, 5) is 28.9. The van der Waals surface area contributed by atoms with Crippen LogP contribution in [0.5, 0.6) is 0 Å². The summed E-state index contributed by atoms with van der Waals surface area (Å²) in [7, 11) is 0. The molecule has 2 amide bonds. The number of carbonyl (C=O) groups is 2. The van der Waals surface area contributed by atoms with E-state index in [-0.39, 0.29) is 13.0 Å². The van der Waals surface area contributed by atoms with Crippen LogP contribution in [0.25, 0.3) is 0 Å². The number of aliphatic hydroxyl groups is 1. The summed E-state index contributed by atoms with van der Waals surface area (Å²) in [5.74, 6) is -1.11.